The minimum atomic E-state index is -0.119. The van der Waals surface area contributed by atoms with E-state index < -0.39 is 0 Å². The number of rotatable bonds is 7. The summed E-state index contributed by atoms with van der Waals surface area (Å²) >= 11 is 2.22. The molecule has 0 amide bonds. The summed E-state index contributed by atoms with van der Waals surface area (Å²) in [7, 11) is 5.24. The van der Waals surface area contributed by atoms with Crippen molar-refractivity contribution < 1.29 is 4.74 Å². The van der Waals surface area contributed by atoms with Crippen LogP contribution in [0.3, 0.4) is 0 Å². The molecule has 5 aromatic rings. The van der Waals surface area contributed by atoms with Crippen LogP contribution in [0.1, 0.15) is 42.8 Å². The Morgan fingerprint density at radius 2 is 1.67 bits per heavy atom. The van der Waals surface area contributed by atoms with Crippen molar-refractivity contribution in [2.24, 2.45) is 7.05 Å². The summed E-state index contributed by atoms with van der Waals surface area (Å²) < 4.78 is 14.0. The molecule has 4 aromatic heterocycles. The molecular weight excluding hydrogens is 675 g/mol. The number of halogens is 1. The number of aromatic nitrogens is 5. The fourth-order valence-corrected chi connectivity index (χ4v) is 7.58. The molecule has 1 aromatic carbocycles. The second kappa shape index (κ2) is 11.3. The van der Waals surface area contributed by atoms with Gasteiger partial charge in [0.1, 0.15) is 11.3 Å². The van der Waals surface area contributed by atoms with Gasteiger partial charge in [-0.2, -0.15) is 5.10 Å². The van der Waals surface area contributed by atoms with E-state index in [-0.39, 0.29) is 23.2 Å². The maximum absolute atomic E-state index is 13.7. The molecular formula is C32H35IN6O3S. The summed E-state index contributed by atoms with van der Waals surface area (Å²) in [5.74, 6) is 1.34. The first kappa shape index (κ1) is 29.8. The summed E-state index contributed by atoms with van der Waals surface area (Å²) in [4.78, 5) is 29.5. The van der Waals surface area contributed by atoms with E-state index in [9.17, 15) is 9.59 Å². The fourth-order valence-electron chi connectivity index (χ4n) is 5.88. The van der Waals surface area contributed by atoms with Gasteiger partial charge in [0.2, 0.25) is 0 Å². The molecule has 9 nitrogen and oxygen atoms in total. The predicted molar refractivity (Wildman–Crippen MR) is 183 cm³/mol. The van der Waals surface area contributed by atoms with Crippen LogP contribution in [0.5, 0.6) is 11.5 Å². The third-order valence-corrected chi connectivity index (χ3v) is 9.98. The van der Waals surface area contributed by atoms with Gasteiger partial charge in [0.25, 0.3) is 11.1 Å². The largest absolute Gasteiger partial charge is 0.455 e. The van der Waals surface area contributed by atoms with Gasteiger partial charge in [0.05, 0.1) is 23.6 Å². The van der Waals surface area contributed by atoms with Crippen LogP contribution in [0.25, 0.3) is 33.3 Å². The monoisotopic (exact) mass is 710 g/mol. The third kappa shape index (κ3) is 5.14. The Bertz CT molecular complexity index is 1980. The summed E-state index contributed by atoms with van der Waals surface area (Å²) in [5.41, 5.74) is 6.47. The molecule has 0 N–H and O–H groups in total. The number of para-hydroxylation sites is 1. The summed E-state index contributed by atoms with van der Waals surface area (Å²) in [6.45, 7) is 11.8. The Hall–Kier alpha value is -3.29. The molecule has 6 rings (SSSR count). The summed E-state index contributed by atoms with van der Waals surface area (Å²) in [5, 5.41) is 5.48. The van der Waals surface area contributed by atoms with E-state index in [1.165, 1.54) is 9.12 Å². The molecule has 0 unspecified atom stereocenters. The molecule has 0 saturated carbocycles. The normalized spacial score (nSPS) is 14.2. The van der Waals surface area contributed by atoms with E-state index in [1.807, 2.05) is 79.3 Å². The summed E-state index contributed by atoms with van der Waals surface area (Å²) in [6, 6.07) is 10.0. The molecule has 0 aliphatic carbocycles. The molecule has 1 fully saturated rings. The SMILES string of the molecule is Cc1cccc(C)c1Oc1cn(C2CN(C)C2)c(=O)cc1-c1cn(C)c(=O)c2c1cc(-c1cn(C(C)C)nc1C)n2SI. The minimum absolute atomic E-state index is 0.0793. The Balaban J connectivity index is 1.63. The highest BCUT2D eigenvalue weighted by molar-refractivity contribution is 14.2. The molecule has 0 spiro atoms. The average Bonchev–Trinajstić information content (AvgIpc) is 3.52. The van der Waals surface area contributed by atoms with Crippen molar-refractivity contribution in [1.82, 2.24) is 27.8 Å². The van der Waals surface area contributed by atoms with Crippen LogP contribution in [-0.2, 0) is 7.05 Å². The van der Waals surface area contributed by atoms with Crippen LogP contribution in [0.15, 0.2) is 58.5 Å². The van der Waals surface area contributed by atoms with Gasteiger partial charge in [0.15, 0.2) is 5.75 Å². The van der Waals surface area contributed by atoms with Gasteiger partial charge in [-0.15, -0.1) is 0 Å². The molecule has 0 radical (unpaired) electrons. The van der Waals surface area contributed by atoms with Gasteiger partial charge in [-0.1, -0.05) is 18.2 Å². The highest BCUT2D eigenvalue weighted by Crippen LogP contribution is 2.42. The first-order valence-electron chi connectivity index (χ1n) is 14.3. The van der Waals surface area contributed by atoms with Crippen LogP contribution >= 0.6 is 30.3 Å². The molecule has 43 heavy (non-hydrogen) atoms. The van der Waals surface area contributed by atoms with E-state index in [4.69, 9.17) is 9.84 Å². The molecule has 1 aliphatic rings. The van der Waals surface area contributed by atoms with Crippen LogP contribution in [-0.4, -0.2) is 47.9 Å². The van der Waals surface area contributed by atoms with Crippen LogP contribution < -0.4 is 15.9 Å². The molecule has 11 heteroatoms. The lowest BCUT2D eigenvalue weighted by Crippen LogP contribution is -2.47. The predicted octanol–water partition coefficient (Wildman–Crippen LogP) is 6.66. The zero-order chi connectivity index (χ0) is 30.7. The number of aryl methyl sites for hydroxylation is 4. The van der Waals surface area contributed by atoms with Crippen molar-refractivity contribution in [3.8, 4) is 33.9 Å². The number of likely N-dealkylation sites (N-methyl/N-ethyl adjacent to an activating group) is 1. The van der Waals surface area contributed by atoms with Gasteiger partial charge in [-0.05, 0) is 58.9 Å². The van der Waals surface area contributed by atoms with E-state index in [2.05, 4.69) is 40.0 Å². The van der Waals surface area contributed by atoms with Crippen molar-refractivity contribution in [2.75, 3.05) is 20.1 Å². The number of hydrogen-bond acceptors (Lipinski definition) is 6. The number of hydrogen-bond donors (Lipinski definition) is 0. The highest BCUT2D eigenvalue weighted by atomic mass is 127. The smallest absolute Gasteiger partial charge is 0.275 e. The van der Waals surface area contributed by atoms with Crippen LogP contribution in [0.2, 0.25) is 0 Å². The number of pyridine rings is 2. The maximum Gasteiger partial charge on any atom is 0.275 e. The molecule has 1 aliphatic heterocycles. The zero-order valence-electron chi connectivity index (χ0n) is 25.4. The molecule has 224 valence electrons. The fraction of sp³-hybridized carbons (Fsp3) is 0.344. The molecule has 1 saturated heterocycles. The van der Waals surface area contributed by atoms with E-state index >= 15 is 0 Å². The summed E-state index contributed by atoms with van der Waals surface area (Å²) in [6.07, 6.45) is 5.70. The second-order valence-electron chi connectivity index (χ2n) is 11.8. The number of likely N-dealkylation sites (tertiary alicyclic amines) is 1. The maximum atomic E-state index is 13.7. The number of benzene rings is 1. The quantitative estimate of drug-likeness (QED) is 0.176. The lowest BCUT2D eigenvalue weighted by molar-refractivity contribution is 0.137. The van der Waals surface area contributed by atoms with Crippen LogP contribution in [0.4, 0.5) is 0 Å². The van der Waals surface area contributed by atoms with Gasteiger partial charge in [0, 0.05) is 97.0 Å². The zero-order valence-corrected chi connectivity index (χ0v) is 28.4. The van der Waals surface area contributed by atoms with Crippen LogP contribution in [0, 0.1) is 20.8 Å². The van der Waals surface area contributed by atoms with E-state index in [0.29, 0.717) is 16.8 Å². The topological polar surface area (TPSA) is 79.2 Å². The first-order chi connectivity index (χ1) is 20.5. The standard InChI is InChI=1S/C32H35IN6O3S/c1-18(2)38-16-25(21(5)34-38)27-11-24-26(15-36(7)32(41)30(24)39(27)43-33)23-12-29(40)37(22-13-35(6)14-22)17-28(23)42-31-19(3)9-8-10-20(31)4/h8-12,15-18,22H,13-14H2,1-7H3. The Morgan fingerprint density at radius 3 is 2.28 bits per heavy atom. The van der Waals surface area contributed by atoms with Gasteiger partial charge < -0.3 is 18.8 Å². The van der Waals surface area contributed by atoms with Gasteiger partial charge in [-0.25, -0.2) is 0 Å². The van der Waals surface area contributed by atoms with Crippen molar-refractivity contribution >= 4 is 41.2 Å². The lowest BCUT2D eigenvalue weighted by atomic mass is 10.0. The number of fused-ring (bicyclic) bond motifs is 1. The van der Waals surface area contributed by atoms with Crippen molar-refractivity contribution in [3.63, 3.8) is 0 Å². The Kier molecular flexibility index (Phi) is 7.84. The van der Waals surface area contributed by atoms with Crippen molar-refractivity contribution in [1.29, 1.82) is 0 Å². The van der Waals surface area contributed by atoms with E-state index in [0.717, 1.165) is 57.9 Å². The molecule has 0 bridgehead atoms. The van der Waals surface area contributed by atoms with Crippen molar-refractivity contribution in [3.05, 3.63) is 86.5 Å². The Morgan fingerprint density at radius 1 is 0.977 bits per heavy atom. The second-order valence-corrected chi connectivity index (χ2v) is 13.5. The lowest BCUT2D eigenvalue weighted by Gasteiger charge is -2.37. The average molecular weight is 711 g/mol. The first-order valence-corrected chi connectivity index (χ1v) is 17.6. The molecule has 0 atom stereocenters. The molecule has 5 heterocycles. The van der Waals surface area contributed by atoms with E-state index in [1.54, 1.807) is 22.2 Å². The third-order valence-electron chi connectivity index (χ3n) is 8.28. The Labute approximate surface area is 266 Å². The number of nitrogens with zero attached hydrogens (tertiary/aromatic N) is 6. The highest BCUT2D eigenvalue weighted by Gasteiger charge is 2.28. The minimum Gasteiger partial charge on any atom is -0.455 e. The van der Waals surface area contributed by atoms with Gasteiger partial charge >= 0.3 is 0 Å². The number of ether oxygens (including phenoxy) is 1. The van der Waals surface area contributed by atoms with Crippen molar-refractivity contribution in [2.45, 2.75) is 46.7 Å². The van der Waals surface area contributed by atoms with Gasteiger partial charge in [-0.3, -0.25) is 18.2 Å².